The highest BCUT2D eigenvalue weighted by atomic mass is 35.5. The average molecular weight is 422 g/mol. The number of nitrogens with zero attached hydrogens (tertiary/aromatic N) is 4. The van der Waals surface area contributed by atoms with E-state index < -0.39 is 5.97 Å². The monoisotopic (exact) mass is 421 g/mol. The van der Waals surface area contributed by atoms with E-state index in [0.717, 1.165) is 11.3 Å². The van der Waals surface area contributed by atoms with E-state index in [-0.39, 0.29) is 18.9 Å². The van der Waals surface area contributed by atoms with Crippen LogP contribution >= 0.6 is 23.2 Å². The third kappa shape index (κ3) is 4.90. The number of carbonyl (C=O) groups excluding carboxylic acids is 1. The van der Waals surface area contributed by atoms with Crippen LogP contribution in [0, 0.1) is 6.92 Å². The highest BCUT2D eigenvalue weighted by Crippen LogP contribution is 2.23. The maximum atomic E-state index is 12.4. The van der Waals surface area contributed by atoms with Crippen molar-refractivity contribution in [2.24, 2.45) is 0 Å². The lowest BCUT2D eigenvalue weighted by molar-refractivity contribution is -0.137. The molecule has 10 heteroatoms. The normalized spacial score (nSPS) is 10.8. The number of halogens is 2. The Morgan fingerprint density at radius 3 is 2.71 bits per heavy atom. The molecular formula is C18H17Cl2N5O3. The van der Waals surface area contributed by atoms with Crippen molar-refractivity contribution in [2.75, 3.05) is 5.32 Å². The topological polar surface area (TPSA) is 102 Å². The van der Waals surface area contributed by atoms with Crippen LogP contribution in [-0.4, -0.2) is 36.5 Å². The van der Waals surface area contributed by atoms with E-state index in [1.54, 1.807) is 22.9 Å². The van der Waals surface area contributed by atoms with Crippen LogP contribution in [0.5, 0.6) is 0 Å². The molecular weight excluding hydrogens is 405 g/mol. The minimum absolute atomic E-state index is 0.0684. The Labute approximate surface area is 170 Å². The van der Waals surface area contributed by atoms with Gasteiger partial charge in [-0.3, -0.25) is 19.0 Å². The molecule has 2 N–H and O–H groups in total. The van der Waals surface area contributed by atoms with Crippen molar-refractivity contribution in [3.8, 4) is 0 Å². The predicted molar refractivity (Wildman–Crippen MR) is 105 cm³/mol. The lowest BCUT2D eigenvalue weighted by Gasteiger charge is -2.06. The highest BCUT2D eigenvalue weighted by Gasteiger charge is 2.13. The Balaban J connectivity index is 1.66. The van der Waals surface area contributed by atoms with E-state index in [4.69, 9.17) is 28.3 Å². The van der Waals surface area contributed by atoms with Crippen LogP contribution in [0.4, 0.5) is 5.82 Å². The minimum atomic E-state index is -0.926. The number of carboxylic acid groups (broad SMARTS) is 1. The van der Waals surface area contributed by atoms with E-state index in [2.05, 4.69) is 15.5 Å². The lowest BCUT2D eigenvalue weighted by atomic mass is 10.2. The Kier molecular flexibility index (Phi) is 6.01. The second kappa shape index (κ2) is 8.45. The van der Waals surface area contributed by atoms with E-state index in [0.29, 0.717) is 28.0 Å². The molecule has 0 fully saturated rings. The van der Waals surface area contributed by atoms with Crippen LogP contribution in [0.2, 0.25) is 10.0 Å². The van der Waals surface area contributed by atoms with Crippen LogP contribution < -0.4 is 5.32 Å². The van der Waals surface area contributed by atoms with Crippen LogP contribution in [0.15, 0.2) is 36.7 Å². The fourth-order valence-corrected chi connectivity index (χ4v) is 2.86. The van der Waals surface area contributed by atoms with Gasteiger partial charge < -0.3 is 10.4 Å². The summed E-state index contributed by atoms with van der Waals surface area (Å²) in [5.41, 5.74) is 2.11. The molecule has 0 saturated carbocycles. The first-order chi connectivity index (χ1) is 13.3. The van der Waals surface area contributed by atoms with Crippen molar-refractivity contribution in [1.82, 2.24) is 19.6 Å². The second-order valence-corrected chi connectivity index (χ2v) is 6.98. The van der Waals surface area contributed by atoms with Gasteiger partial charge in [-0.05, 0) is 24.6 Å². The Bertz CT molecular complexity index is 1030. The van der Waals surface area contributed by atoms with E-state index in [1.807, 2.05) is 13.0 Å². The first-order valence-corrected chi connectivity index (χ1v) is 9.11. The Morgan fingerprint density at radius 2 is 2.00 bits per heavy atom. The molecule has 0 unspecified atom stereocenters. The molecule has 2 aromatic heterocycles. The standard InChI is InChI=1S/C18H17Cl2N5O3/c1-11-6-16(23-25(11)9-12-2-3-14(19)15(20)7-12)22-18(28)13-8-21-24(10-13)5-4-17(26)27/h2-3,6-8,10H,4-5,9H2,1H3,(H,26,27)(H,22,23,28). The minimum Gasteiger partial charge on any atom is -0.481 e. The van der Waals surface area contributed by atoms with E-state index in [9.17, 15) is 9.59 Å². The van der Waals surface area contributed by atoms with Crippen molar-refractivity contribution in [1.29, 1.82) is 0 Å². The molecule has 28 heavy (non-hydrogen) atoms. The van der Waals surface area contributed by atoms with Gasteiger partial charge in [0.05, 0.1) is 41.3 Å². The average Bonchev–Trinajstić information content (AvgIpc) is 3.23. The summed E-state index contributed by atoms with van der Waals surface area (Å²) in [6.07, 6.45) is 2.82. The van der Waals surface area contributed by atoms with Gasteiger partial charge in [-0.1, -0.05) is 29.3 Å². The molecule has 0 spiro atoms. The molecule has 3 aromatic rings. The third-order valence-corrected chi connectivity index (χ3v) is 4.73. The lowest BCUT2D eigenvalue weighted by Crippen LogP contribution is -2.12. The summed E-state index contributed by atoms with van der Waals surface area (Å²) in [5, 5.41) is 20.8. The smallest absolute Gasteiger partial charge is 0.305 e. The second-order valence-electron chi connectivity index (χ2n) is 6.17. The van der Waals surface area contributed by atoms with Gasteiger partial charge in [-0.2, -0.15) is 10.2 Å². The number of aromatic nitrogens is 4. The predicted octanol–water partition coefficient (Wildman–Crippen LogP) is 3.47. The number of anilines is 1. The van der Waals surface area contributed by atoms with Crippen molar-refractivity contribution in [3.05, 3.63) is 63.5 Å². The van der Waals surface area contributed by atoms with Gasteiger partial charge in [0.1, 0.15) is 0 Å². The molecule has 0 bridgehead atoms. The Hall–Kier alpha value is -2.84. The summed E-state index contributed by atoms with van der Waals surface area (Å²) in [6.45, 7) is 2.55. The molecule has 0 radical (unpaired) electrons. The number of aryl methyl sites for hydroxylation is 2. The van der Waals surface area contributed by atoms with Gasteiger partial charge in [-0.15, -0.1) is 0 Å². The first-order valence-electron chi connectivity index (χ1n) is 8.36. The summed E-state index contributed by atoms with van der Waals surface area (Å²) in [5.74, 6) is -0.897. The van der Waals surface area contributed by atoms with Crippen molar-refractivity contribution in [3.63, 3.8) is 0 Å². The van der Waals surface area contributed by atoms with E-state index in [1.165, 1.54) is 17.1 Å². The molecule has 1 aromatic carbocycles. The molecule has 0 aliphatic carbocycles. The zero-order chi connectivity index (χ0) is 20.3. The summed E-state index contributed by atoms with van der Waals surface area (Å²) in [6, 6.07) is 7.11. The largest absolute Gasteiger partial charge is 0.481 e. The molecule has 2 heterocycles. The van der Waals surface area contributed by atoms with Crippen molar-refractivity contribution >= 4 is 40.9 Å². The molecule has 0 saturated heterocycles. The number of hydrogen-bond acceptors (Lipinski definition) is 4. The SMILES string of the molecule is Cc1cc(NC(=O)c2cnn(CCC(=O)O)c2)nn1Cc1ccc(Cl)c(Cl)c1. The molecule has 3 rings (SSSR count). The fraction of sp³-hybridized carbons (Fsp3) is 0.222. The number of carboxylic acids is 1. The highest BCUT2D eigenvalue weighted by molar-refractivity contribution is 6.42. The maximum Gasteiger partial charge on any atom is 0.305 e. The van der Waals surface area contributed by atoms with Gasteiger partial charge in [-0.25, -0.2) is 0 Å². The number of hydrogen-bond donors (Lipinski definition) is 2. The maximum absolute atomic E-state index is 12.4. The molecule has 146 valence electrons. The summed E-state index contributed by atoms with van der Waals surface area (Å²) in [4.78, 5) is 23.0. The molecule has 0 aliphatic heterocycles. The van der Waals surface area contributed by atoms with Crippen molar-refractivity contribution < 1.29 is 14.7 Å². The summed E-state index contributed by atoms with van der Waals surface area (Å²) in [7, 11) is 0. The zero-order valence-electron chi connectivity index (χ0n) is 14.9. The van der Waals surface area contributed by atoms with Gasteiger partial charge in [0.25, 0.3) is 5.91 Å². The number of nitrogens with one attached hydrogen (secondary N) is 1. The van der Waals surface area contributed by atoms with Crippen molar-refractivity contribution in [2.45, 2.75) is 26.4 Å². The van der Waals surface area contributed by atoms with Crippen LogP contribution in [0.25, 0.3) is 0 Å². The molecule has 0 aliphatic rings. The van der Waals surface area contributed by atoms with Crippen LogP contribution in [-0.2, 0) is 17.9 Å². The Morgan fingerprint density at radius 1 is 1.21 bits per heavy atom. The van der Waals surface area contributed by atoms with Gasteiger partial charge in [0.15, 0.2) is 5.82 Å². The molecule has 1 amide bonds. The van der Waals surface area contributed by atoms with Gasteiger partial charge in [0.2, 0.25) is 0 Å². The molecule has 0 atom stereocenters. The quantitative estimate of drug-likeness (QED) is 0.607. The number of benzene rings is 1. The van der Waals surface area contributed by atoms with Crippen LogP contribution in [0.1, 0.15) is 28.0 Å². The number of carbonyl (C=O) groups is 2. The number of rotatable bonds is 7. The first kappa shape index (κ1) is 19.9. The van der Waals surface area contributed by atoms with E-state index >= 15 is 0 Å². The molecule has 8 nitrogen and oxygen atoms in total. The number of aliphatic carboxylic acids is 1. The zero-order valence-corrected chi connectivity index (χ0v) is 16.4. The summed E-state index contributed by atoms with van der Waals surface area (Å²) < 4.78 is 3.16. The third-order valence-electron chi connectivity index (χ3n) is 3.99. The fourth-order valence-electron chi connectivity index (χ4n) is 2.54. The number of amides is 1. The van der Waals surface area contributed by atoms with Gasteiger partial charge >= 0.3 is 5.97 Å². The summed E-state index contributed by atoms with van der Waals surface area (Å²) >= 11 is 12.0. The van der Waals surface area contributed by atoms with Crippen LogP contribution in [0.3, 0.4) is 0 Å². The van der Waals surface area contributed by atoms with Gasteiger partial charge in [0, 0.05) is 18.0 Å².